The molecule has 0 spiro atoms. The monoisotopic (exact) mass is 324 g/mol. The van der Waals surface area contributed by atoms with Gasteiger partial charge in [0, 0.05) is 13.1 Å². The molecule has 2 rings (SSSR count). The summed E-state index contributed by atoms with van der Waals surface area (Å²) >= 11 is 0. The molecule has 0 radical (unpaired) electrons. The molecular formula is C16H24N2O3S. The van der Waals surface area contributed by atoms with Gasteiger partial charge in [-0.25, -0.2) is 8.42 Å². The van der Waals surface area contributed by atoms with Gasteiger partial charge in [-0.2, -0.15) is 4.31 Å². The quantitative estimate of drug-likeness (QED) is 0.903. The SMILES string of the molecule is CC(C)(C)c1ccc(S(=O)(=O)N2CCNC(=O)C2(C)C)cc1. The van der Waals surface area contributed by atoms with Gasteiger partial charge in [-0.05, 0) is 37.0 Å². The zero-order chi connectivity index (χ0) is 16.8. The van der Waals surface area contributed by atoms with Crippen molar-refractivity contribution >= 4 is 15.9 Å². The van der Waals surface area contributed by atoms with Gasteiger partial charge in [0.2, 0.25) is 15.9 Å². The summed E-state index contributed by atoms with van der Waals surface area (Å²) in [4.78, 5) is 12.2. The van der Waals surface area contributed by atoms with Crippen molar-refractivity contribution in [1.82, 2.24) is 9.62 Å². The van der Waals surface area contributed by atoms with Crippen LogP contribution in [0.3, 0.4) is 0 Å². The molecule has 22 heavy (non-hydrogen) atoms. The summed E-state index contributed by atoms with van der Waals surface area (Å²) in [5.74, 6) is -0.270. The van der Waals surface area contributed by atoms with E-state index in [0.717, 1.165) is 5.56 Å². The van der Waals surface area contributed by atoms with Crippen LogP contribution in [0.5, 0.6) is 0 Å². The van der Waals surface area contributed by atoms with Crippen molar-refractivity contribution in [2.75, 3.05) is 13.1 Å². The Morgan fingerprint density at radius 1 is 1.14 bits per heavy atom. The Balaban J connectivity index is 2.40. The second-order valence-corrected chi connectivity index (χ2v) is 9.03. The third-order valence-electron chi connectivity index (χ3n) is 4.09. The number of carbonyl (C=O) groups excluding carboxylic acids is 1. The van der Waals surface area contributed by atoms with E-state index in [0.29, 0.717) is 6.54 Å². The minimum Gasteiger partial charge on any atom is -0.353 e. The predicted molar refractivity (Wildman–Crippen MR) is 86.1 cm³/mol. The van der Waals surface area contributed by atoms with Crippen LogP contribution in [0.15, 0.2) is 29.2 Å². The Morgan fingerprint density at radius 3 is 2.18 bits per heavy atom. The molecule has 0 aliphatic carbocycles. The van der Waals surface area contributed by atoms with Gasteiger partial charge in [0.15, 0.2) is 0 Å². The van der Waals surface area contributed by atoms with Crippen LogP contribution >= 0.6 is 0 Å². The number of nitrogens with zero attached hydrogens (tertiary/aromatic N) is 1. The van der Waals surface area contributed by atoms with E-state index in [2.05, 4.69) is 26.1 Å². The third kappa shape index (κ3) is 2.90. The molecule has 1 aliphatic heterocycles. The largest absolute Gasteiger partial charge is 0.353 e. The Bertz CT molecular complexity index is 670. The molecule has 1 aromatic rings. The molecule has 0 atom stereocenters. The van der Waals surface area contributed by atoms with Crippen LogP contribution in [0.1, 0.15) is 40.2 Å². The van der Waals surface area contributed by atoms with Crippen LogP contribution in [-0.4, -0.2) is 37.3 Å². The molecule has 1 fully saturated rings. The number of hydrogen-bond acceptors (Lipinski definition) is 3. The smallest absolute Gasteiger partial charge is 0.244 e. The van der Waals surface area contributed by atoms with Gasteiger partial charge in [-0.3, -0.25) is 4.79 Å². The van der Waals surface area contributed by atoms with Crippen molar-refractivity contribution in [3.63, 3.8) is 0 Å². The van der Waals surface area contributed by atoms with Crippen molar-refractivity contribution in [3.05, 3.63) is 29.8 Å². The average molecular weight is 324 g/mol. The van der Waals surface area contributed by atoms with Crippen molar-refractivity contribution in [3.8, 4) is 0 Å². The maximum absolute atomic E-state index is 12.9. The molecule has 0 aromatic heterocycles. The van der Waals surface area contributed by atoms with Crippen molar-refractivity contribution in [2.45, 2.75) is 50.5 Å². The molecule has 1 aliphatic rings. The number of nitrogens with one attached hydrogen (secondary N) is 1. The minimum absolute atomic E-state index is 0.0351. The van der Waals surface area contributed by atoms with E-state index in [1.54, 1.807) is 26.0 Å². The maximum Gasteiger partial charge on any atom is 0.244 e. The molecule has 0 bridgehead atoms. The Kier molecular flexibility index (Phi) is 4.13. The van der Waals surface area contributed by atoms with Gasteiger partial charge in [-0.1, -0.05) is 32.9 Å². The van der Waals surface area contributed by atoms with Gasteiger partial charge in [0.05, 0.1) is 4.90 Å². The molecule has 1 amide bonds. The number of piperazine rings is 1. The maximum atomic E-state index is 12.9. The van der Waals surface area contributed by atoms with Crippen LogP contribution in [0.25, 0.3) is 0 Å². The van der Waals surface area contributed by atoms with E-state index in [1.807, 2.05) is 12.1 Å². The number of amides is 1. The van der Waals surface area contributed by atoms with E-state index >= 15 is 0 Å². The lowest BCUT2D eigenvalue weighted by molar-refractivity contribution is -0.131. The first-order valence-corrected chi connectivity index (χ1v) is 8.83. The van der Waals surface area contributed by atoms with Crippen LogP contribution in [0.2, 0.25) is 0 Å². The zero-order valence-electron chi connectivity index (χ0n) is 13.8. The molecule has 122 valence electrons. The van der Waals surface area contributed by atoms with Gasteiger partial charge in [0.1, 0.15) is 5.54 Å². The summed E-state index contributed by atoms with van der Waals surface area (Å²) in [5.41, 5.74) is -0.0473. The highest BCUT2D eigenvalue weighted by Crippen LogP contribution is 2.28. The van der Waals surface area contributed by atoms with Crippen molar-refractivity contribution < 1.29 is 13.2 Å². The van der Waals surface area contributed by atoms with E-state index in [-0.39, 0.29) is 22.8 Å². The summed E-state index contributed by atoms with van der Waals surface area (Å²) in [6.07, 6.45) is 0. The van der Waals surface area contributed by atoms with E-state index in [4.69, 9.17) is 0 Å². The Labute approximate surface area is 132 Å². The summed E-state index contributed by atoms with van der Waals surface area (Å²) < 4.78 is 27.0. The first-order valence-electron chi connectivity index (χ1n) is 7.39. The third-order valence-corrected chi connectivity index (χ3v) is 6.18. The topological polar surface area (TPSA) is 66.5 Å². The fraction of sp³-hybridized carbons (Fsp3) is 0.562. The van der Waals surface area contributed by atoms with Crippen LogP contribution in [0.4, 0.5) is 0 Å². The highest BCUT2D eigenvalue weighted by molar-refractivity contribution is 7.89. The molecule has 0 unspecified atom stereocenters. The molecule has 6 heteroatoms. The molecule has 1 heterocycles. The molecule has 1 N–H and O–H groups in total. The predicted octanol–water partition coefficient (Wildman–Crippen LogP) is 1.88. The van der Waals surface area contributed by atoms with Gasteiger partial charge in [0.25, 0.3) is 0 Å². The van der Waals surface area contributed by atoms with E-state index < -0.39 is 15.6 Å². The summed E-state index contributed by atoms with van der Waals surface area (Å²) in [6.45, 7) is 10.1. The summed E-state index contributed by atoms with van der Waals surface area (Å²) in [6, 6.07) is 6.92. The number of benzene rings is 1. The van der Waals surface area contributed by atoms with E-state index in [1.165, 1.54) is 4.31 Å². The lowest BCUT2D eigenvalue weighted by Gasteiger charge is -2.39. The van der Waals surface area contributed by atoms with Crippen LogP contribution in [-0.2, 0) is 20.2 Å². The summed E-state index contributed by atoms with van der Waals surface area (Å²) in [5, 5.41) is 2.71. The van der Waals surface area contributed by atoms with Crippen molar-refractivity contribution in [2.24, 2.45) is 0 Å². The average Bonchev–Trinajstić information content (AvgIpc) is 2.40. The number of sulfonamides is 1. The van der Waals surface area contributed by atoms with E-state index in [9.17, 15) is 13.2 Å². The Hall–Kier alpha value is -1.40. The standard InChI is InChI=1S/C16H24N2O3S/c1-15(2,3)12-6-8-13(9-7-12)22(20,21)18-11-10-17-14(19)16(18,4)5/h6-9H,10-11H2,1-5H3,(H,17,19). The number of hydrogen-bond donors (Lipinski definition) is 1. The fourth-order valence-corrected chi connectivity index (χ4v) is 4.30. The molecular weight excluding hydrogens is 300 g/mol. The lowest BCUT2D eigenvalue weighted by atomic mass is 9.87. The first-order chi connectivity index (χ1) is 9.97. The Morgan fingerprint density at radius 2 is 1.68 bits per heavy atom. The zero-order valence-corrected chi connectivity index (χ0v) is 14.6. The fourth-order valence-electron chi connectivity index (χ4n) is 2.55. The second-order valence-electron chi connectivity index (χ2n) is 7.17. The normalized spacial score (nSPS) is 19.8. The van der Waals surface area contributed by atoms with Crippen LogP contribution < -0.4 is 5.32 Å². The van der Waals surface area contributed by atoms with Crippen LogP contribution in [0, 0.1) is 0 Å². The van der Waals surface area contributed by atoms with Crippen molar-refractivity contribution in [1.29, 1.82) is 0 Å². The number of rotatable bonds is 2. The van der Waals surface area contributed by atoms with Gasteiger partial charge in [-0.15, -0.1) is 0 Å². The first kappa shape index (κ1) is 17.0. The second kappa shape index (κ2) is 5.35. The van der Waals surface area contributed by atoms with Gasteiger partial charge < -0.3 is 5.32 Å². The molecule has 5 nitrogen and oxygen atoms in total. The molecule has 1 saturated heterocycles. The molecule has 0 saturated carbocycles. The highest BCUT2D eigenvalue weighted by Gasteiger charge is 2.44. The number of carbonyl (C=O) groups is 1. The minimum atomic E-state index is -3.69. The molecule has 1 aromatic carbocycles. The lowest BCUT2D eigenvalue weighted by Crippen LogP contribution is -2.63. The van der Waals surface area contributed by atoms with Gasteiger partial charge >= 0.3 is 0 Å². The summed E-state index contributed by atoms with van der Waals surface area (Å²) in [7, 11) is -3.69. The highest BCUT2D eigenvalue weighted by atomic mass is 32.2.